The molecule has 1 N–H and O–H groups in total. The van der Waals surface area contributed by atoms with Gasteiger partial charge in [0.1, 0.15) is 5.69 Å². The number of aromatic nitrogens is 4. The summed E-state index contributed by atoms with van der Waals surface area (Å²) in [7, 11) is 1.73. The molecular formula is C18H18BrCl2N5O. The maximum atomic E-state index is 12.8. The van der Waals surface area contributed by atoms with Gasteiger partial charge in [-0.3, -0.25) is 14.2 Å². The molecule has 0 saturated heterocycles. The smallest absolute Gasteiger partial charge is 0.275 e. The Balaban J connectivity index is 1.88. The van der Waals surface area contributed by atoms with Crippen molar-refractivity contribution in [1.82, 2.24) is 19.6 Å². The summed E-state index contributed by atoms with van der Waals surface area (Å²) in [4.78, 5) is 12.8. The third-order valence-corrected chi connectivity index (χ3v) is 5.86. The van der Waals surface area contributed by atoms with Crippen LogP contribution in [0.3, 0.4) is 0 Å². The molecular weight excluding hydrogens is 453 g/mol. The van der Waals surface area contributed by atoms with E-state index in [0.717, 1.165) is 22.6 Å². The summed E-state index contributed by atoms with van der Waals surface area (Å²) in [5.41, 5.74) is 4.34. The van der Waals surface area contributed by atoms with Crippen molar-refractivity contribution < 1.29 is 4.79 Å². The number of anilines is 1. The Morgan fingerprint density at radius 1 is 1.19 bits per heavy atom. The van der Waals surface area contributed by atoms with Gasteiger partial charge in [0.2, 0.25) is 0 Å². The number of nitrogens with one attached hydrogen (secondary N) is 1. The first-order valence-electron chi connectivity index (χ1n) is 8.17. The minimum atomic E-state index is -0.250. The van der Waals surface area contributed by atoms with Crippen molar-refractivity contribution in [3.8, 4) is 0 Å². The summed E-state index contributed by atoms with van der Waals surface area (Å²) < 4.78 is 4.04. The van der Waals surface area contributed by atoms with Crippen LogP contribution in [0.4, 0.5) is 5.69 Å². The summed E-state index contributed by atoms with van der Waals surface area (Å²) in [5, 5.41) is 12.9. The van der Waals surface area contributed by atoms with Gasteiger partial charge in [0.05, 0.1) is 33.8 Å². The highest BCUT2D eigenvalue weighted by Crippen LogP contribution is 2.26. The van der Waals surface area contributed by atoms with Crippen LogP contribution in [0.1, 0.15) is 33.1 Å². The molecule has 3 aromatic rings. The molecule has 1 aromatic carbocycles. The van der Waals surface area contributed by atoms with E-state index in [1.54, 1.807) is 23.9 Å². The summed E-state index contributed by atoms with van der Waals surface area (Å²) in [6.45, 7) is 6.08. The van der Waals surface area contributed by atoms with Crippen LogP contribution in [0, 0.1) is 20.8 Å². The molecule has 0 fully saturated rings. The molecule has 0 atom stereocenters. The van der Waals surface area contributed by atoms with Crippen LogP contribution in [0.2, 0.25) is 10.0 Å². The van der Waals surface area contributed by atoms with Crippen molar-refractivity contribution in [2.24, 2.45) is 7.05 Å². The lowest BCUT2D eigenvalue weighted by molar-refractivity contribution is 0.101. The first-order chi connectivity index (χ1) is 12.7. The molecule has 0 unspecified atom stereocenters. The average Bonchev–Trinajstić information content (AvgIpc) is 2.99. The molecule has 1 amide bonds. The fourth-order valence-corrected chi connectivity index (χ4v) is 3.88. The van der Waals surface area contributed by atoms with Crippen LogP contribution in [-0.4, -0.2) is 25.5 Å². The SMILES string of the molecule is Cc1nn(C)c(C(=O)Nc2c(C)nn(Cc3ccc(Cl)cc3Cl)c2C)c1Br. The average molecular weight is 471 g/mol. The first kappa shape index (κ1) is 19.9. The van der Waals surface area contributed by atoms with Crippen LogP contribution in [0.5, 0.6) is 0 Å². The maximum Gasteiger partial charge on any atom is 0.275 e. The molecule has 27 heavy (non-hydrogen) atoms. The number of halogens is 3. The van der Waals surface area contributed by atoms with E-state index in [1.165, 1.54) is 0 Å². The monoisotopic (exact) mass is 469 g/mol. The third-order valence-electron chi connectivity index (χ3n) is 4.32. The van der Waals surface area contributed by atoms with E-state index in [4.69, 9.17) is 23.2 Å². The van der Waals surface area contributed by atoms with Crippen molar-refractivity contribution in [3.05, 3.63) is 61.1 Å². The van der Waals surface area contributed by atoms with Gasteiger partial charge in [-0.2, -0.15) is 10.2 Å². The molecule has 2 aromatic heterocycles. The number of carbonyl (C=O) groups excluding carboxylic acids is 1. The molecule has 0 spiro atoms. The zero-order valence-corrected chi connectivity index (χ0v) is 18.4. The number of nitrogens with zero attached hydrogens (tertiary/aromatic N) is 4. The van der Waals surface area contributed by atoms with Gasteiger partial charge in [-0.25, -0.2) is 0 Å². The van der Waals surface area contributed by atoms with Crippen molar-refractivity contribution in [2.45, 2.75) is 27.3 Å². The molecule has 9 heteroatoms. The molecule has 0 aliphatic heterocycles. The van der Waals surface area contributed by atoms with Gasteiger partial charge in [0.15, 0.2) is 0 Å². The lowest BCUT2D eigenvalue weighted by Crippen LogP contribution is -2.17. The number of benzene rings is 1. The van der Waals surface area contributed by atoms with Gasteiger partial charge in [-0.15, -0.1) is 0 Å². The lowest BCUT2D eigenvalue weighted by Gasteiger charge is -2.09. The fourth-order valence-electron chi connectivity index (χ4n) is 2.89. The van der Waals surface area contributed by atoms with Gasteiger partial charge in [-0.1, -0.05) is 29.3 Å². The second-order valence-electron chi connectivity index (χ2n) is 6.26. The highest BCUT2D eigenvalue weighted by molar-refractivity contribution is 9.10. The van der Waals surface area contributed by atoms with Crippen LogP contribution in [-0.2, 0) is 13.6 Å². The van der Waals surface area contributed by atoms with E-state index in [9.17, 15) is 4.79 Å². The molecule has 0 aliphatic rings. The van der Waals surface area contributed by atoms with Gasteiger partial charge < -0.3 is 5.32 Å². The largest absolute Gasteiger partial charge is 0.317 e. The Hall–Kier alpha value is -1.83. The zero-order chi connectivity index (χ0) is 19.9. The highest BCUT2D eigenvalue weighted by Gasteiger charge is 2.21. The molecule has 0 saturated carbocycles. The minimum Gasteiger partial charge on any atom is -0.317 e. The van der Waals surface area contributed by atoms with E-state index in [2.05, 4.69) is 31.4 Å². The van der Waals surface area contributed by atoms with Crippen molar-refractivity contribution in [1.29, 1.82) is 0 Å². The Kier molecular flexibility index (Phi) is 5.65. The predicted molar refractivity (Wildman–Crippen MR) is 111 cm³/mol. The zero-order valence-electron chi connectivity index (χ0n) is 15.3. The van der Waals surface area contributed by atoms with Gasteiger partial charge in [0, 0.05) is 17.1 Å². The number of rotatable bonds is 4. The third kappa shape index (κ3) is 3.90. The van der Waals surface area contributed by atoms with E-state index < -0.39 is 0 Å². The summed E-state index contributed by atoms with van der Waals surface area (Å²) >= 11 is 15.7. The minimum absolute atomic E-state index is 0.250. The van der Waals surface area contributed by atoms with Crippen LogP contribution < -0.4 is 5.32 Å². The topological polar surface area (TPSA) is 64.7 Å². The highest BCUT2D eigenvalue weighted by atomic mass is 79.9. The van der Waals surface area contributed by atoms with E-state index in [1.807, 2.05) is 31.5 Å². The van der Waals surface area contributed by atoms with Crippen molar-refractivity contribution in [3.63, 3.8) is 0 Å². The number of hydrogen-bond donors (Lipinski definition) is 1. The van der Waals surface area contributed by atoms with Crippen LogP contribution in [0.25, 0.3) is 0 Å². The van der Waals surface area contributed by atoms with Crippen molar-refractivity contribution in [2.75, 3.05) is 5.32 Å². The van der Waals surface area contributed by atoms with Gasteiger partial charge in [0.25, 0.3) is 5.91 Å². The van der Waals surface area contributed by atoms with Gasteiger partial charge in [-0.05, 0) is 54.4 Å². The number of carbonyl (C=O) groups is 1. The Labute approximate surface area is 175 Å². The molecule has 142 valence electrons. The molecule has 0 radical (unpaired) electrons. The lowest BCUT2D eigenvalue weighted by atomic mass is 10.2. The number of hydrogen-bond acceptors (Lipinski definition) is 3. The maximum absolute atomic E-state index is 12.8. The van der Waals surface area contributed by atoms with Crippen molar-refractivity contribution >= 4 is 50.7 Å². The normalized spacial score (nSPS) is 11.1. The second kappa shape index (κ2) is 7.66. The number of amides is 1. The standard InChI is InChI=1S/C18H18BrCl2N5O/c1-9-15(19)17(25(4)23-9)18(27)22-16-10(2)24-26(11(16)3)8-12-5-6-13(20)7-14(12)21/h5-7H,8H2,1-4H3,(H,22,27). The molecule has 3 rings (SSSR count). The van der Waals surface area contributed by atoms with Crippen LogP contribution in [0.15, 0.2) is 22.7 Å². The fraction of sp³-hybridized carbons (Fsp3) is 0.278. The van der Waals surface area contributed by atoms with Gasteiger partial charge >= 0.3 is 0 Å². The second-order valence-corrected chi connectivity index (χ2v) is 7.90. The quantitative estimate of drug-likeness (QED) is 0.588. The molecule has 0 bridgehead atoms. The Bertz CT molecular complexity index is 1040. The van der Waals surface area contributed by atoms with E-state index in [0.29, 0.717) is 32.4 Å². The number of aryl methyl sites for hydroxylation is 3. The summed E-state index contributed by atoms with van der Waals surface area (Å²) in [6, 6.07) is 5.36. The molecule has 0 aliphatic carbocycles. The summed E-state index contributed by atoms with van der Waals surface area (Å²) in [5.74, 6) is -0.250. The predicted octanol–water partition coefficient (Wildman–Crippen LogP) is 4.91. The van der Waals surface area contributed by atoms with E-state index >= 15 is 0 Å². The first-order valence-corrected chi connectivity index (χ1v) is 9.72. The van der Waals surface area contributed by atoms with E-state index in [-0.39, 0.29) is 5.91 Å². The van der Waals surface area contributed by atoms with Crippen LogP contribution >= 0.6 is 39.1 Å². The molecule has 6 nitrogen and oxygen atoms in total. The Morgan fingerprint density at radius 3 is 2.48 bits per heavy atom. The summed E-state index contributed by atoms with van der Waals surface area (Å²) in [6.07, 6.45) is 0. The Morgan fingerprint density at radius 2 is 1.89 bits per heavy atom. The molecule has 2 heterocycles.